The third kappa shape index (κ3) is 3.11. The summed E-state index contributed by atoms with van der Waals surface area (Å²) in [6, 6.07) is 5.65. The van der Waals surface area contributed by atoms with Gasteiger partial charge in [-0.15, -0.1) is 5.10 Å². The Balaban J connectivity index is 1.56. The van der Waals surface area contributed by atoms with Gasteiger partial charge in [-0.2, -0.15) is 0 Å². The summed E-state index contributed by atoms with van der Waals surface area (Å²) < 4.78 is 18.2. The lowest BCUT2D eigenvalue weighted by Gasteiger charge is -2.18. The Morgan fingerprint density at radius 2 is 1.83 bits per heavy atom. The van der Waals surface area contributed by atoms with Gasteiger partial charge in [0.1, 0.15) is 0 Å². The van der Waals surface area contributed by atoms with Crippen molar-refractivity contribution in [2.45, 2.75) is 32.4 Å². The van der Waals surface area contributed by atoms with Gasteiger partial charge in [0.25, 0.3) is 4.84 Å². The van der Waals surface area contributed by atoms with E-state index >= 15 is 0 Å². The van der Waals surface area contributed by atoms with Crippen LogP contribution in [0.25, 0.3) is 11.5 Å². The van der Waals surface area contributed by atoms with Crippen LogP contribution in [0.4, 0.5) is 0 Å². The van der Waals surface area contributed by atoms with E-state index < -0.39 is 0 Å². The molecule has 0 N–H and O–H groups in total. The third-order valence-electron chi connectivity index (χ3n) is 4.26. The van der Waals surface area contributed by atoms with Gasteiger partial charge in [-0.25, -0.2) is 4.68 Å². The average Bonchev–Trinajstić information content (AvgIpc) is 3.07. The summed E-state index contributed by atoms with van der Waals surface area (Å²) in [5.74, 6) is 1.98. The van der Waals surface area contributed by atoms with Gasteiger partial charge in [0.15, 0.2) is 11.5 Å². The molecule has 122 valence electrons. The maximum absolute atomic E-state index is 5.68. The van der Waals surface area contributed by atoms with Crippen LogP contribution in [0.5, 0.6) is 11.5 Å². The predicted octanol–water partition coefficient (Wildman–Crippen LogP) is 3.43. The summed E-state index contributed by atoms with van der Waals surface area (Å²) >= 11 is 5.33. The Hall–Kier alpha value is -1.86. The second-order valence-electron chi connectivity index (χ2n) is 5.91. The van der Waals surface area contributed by atoms with Gasteiger partial charge in [-0.05, 0) is 56.3 Å². The number of rotatable bonds is 3. The van der Waals surface area contributed by atoms with Gasteiger partial charge in [0.05, 0.1) is 6.67 Å². The molecule has 0 bridgehead atoms. The van der Waals surface area contributed by atoms with E-state index in [2.05, 4.69) is 10.00 Å². The molecule has 0 spiro atoms. The van der Waals surface area contributed by atoms with Crippen LogP contribution in [0.1, 0.15) is 25.7 Å². The monoisotopic (exact) mass is 333 g/mol. The van der Waals surface area contributed by atoms with E-state index in [4.69, 9.17) is 26.1 Å². The van der Waals surface area contributed by atoms with Crippen LogP contribution < -0.4 is 9.47 Å². The first-order valence-electron chi connectivity index (χ1n) is 8.00. The molecule has 23 heavy (non-hydrogen) atoms. The van der Waals surface area contributed by atoms with Crippen LogP contribution in [-0.2, 0) is 6.67 Å². The van der Waals surface area contributed by atoms with Crippen LogP contribution in [0.15, 0.2) is 22.6 Å². The predicted molar refractivity (Wildman–Crippen MR) is 86.9 cm³/mol. The molecular formula is C16H19N3O3S. The number of ether oxygens (including phenoxy) is 2. The number of hydrogen-bond acceptors (Lipinski definition) is 6. The quantitative estimate of drug-likeness (QED) is 0.802. The lowest BCUT2D eigenvalue weighted by Crippen LogP contribution is -2.28. The molecule has 0 radical (unpaired) electrons. The highest BCUT2D eigenvalue weighted by molar-refractivity contribution is 7.71. The second-order valence-corrected chi connectivity index (χ2v) is 6.26. The molecule has 2 aliphatic heterocycles. The molecule has 6 nitrogen and oxygen atoms in total. The standard InChI is InChI=1S/C16H19N3O3S/c23-16-19(10-18-7-3-1-2-4-8-18)17-15(22-16)12-5-6-13-14(9-12)21-11-20-13/h5-6,9H,1-4,7-8,10-11H2. The summed E-state index contributed by atoms with van der Waals surface area (Å²) in [5.41, 5.74) is 0.843. The second kappa shape index (κ2) is 6.33. The topological polar surface area (TPSA) is 52.7 Å². The minimum absolute atomic E-state index is 0.256. The largest absolute Gasteiger partial charge is 0.454 e. The number of aromatic nitrogens is 2. The van der Waals surface area contributed by atoms with E-state index in [1.807, 2.05) is 18.2 Å². The molecular weight excluding hydrogens is 314 g/mol. The van der Waals surface area contributed by atoms with E-state index in [0.29, 0.717) is 23.1 Å². The summed E-state index contributed by atoms with van der Waals surface area (Å²) in [6.07, 6.45) is 5.09. The molecule has 1 aromatic carbocycles. The minimum Gasteiger partial charge on any atom is -0.454 e. The van der Waals surface area contributed by atoms with Gasteiger partial charge in [-0.3, -0.25) is 4.90 Å². The first kappa shape index (κ1) is 14.7. The molecule has 0 aliphatic carbocycles. The molecule has 0 unspecified atom stereocenters. The smallest absolute Gasteiger partial charge is 0.288 e. The highest BCUT2D eigenvalue weighted by Gasteiger charge is 2.17. The highest BCUT2D eigenvalue weighted by atomic mass is 32.1. The highest BCUT2D eigenvalue weighted by Crippen LogP contribution is 2.35. The lowest BCUT2D eigenvalue weighted by molar-refractivity contribution is 0.174. The maximum Gasteiger partial charge on any atom is 0.288 e. The SMILES string of the molecule is S=c1oc(-c2ccc3c(c2)OCO3)nn1CN1CCCCCC1. The van der Waals surface area contributed by atoms with Gasteiger partial charge in [0.2, 0.25) is 12.7 Å². The summed E-state index contributed by atoms with van der Waals surface area (Å²) in [4.78, 5) is 2.79. The number of benzene rings is 1. The van der Waals surface area contributed by atoms with Crippen LogP contribution in [0.3, 0.4) is 0 Å². The molecule has 2 aliphatic rings. The van der Waals surface area contributed by atoms with Crippen molar-refractivity contribution in [2.24, 2.45) is 0 Å². The Morgan fingerprint density at radius 3 is 2.65 bits per heavy atom. The fourth-order valence-corrected chi connectivity index (χ4v) is 3.19. The number of likely N-dealkylation sites (tertiary alicyclic amines) is 1. The number of fused-ring (bicyclic) bond motifs is 1. The van der Waals surface area contributed by atoms with Crippen LogP contribution in [-0.4, -0.2) is 34.6 Å². The van der Waals surface area contributed by atoms with Crippen molar-refractivity contribution >= 4 is 12.2 Å². The zero-order valence-corrected chi connectivity index (χ0v) is 13.7. The molecule has 0 saturated carbocycles. The Morgan fingerprint density at radius 1 is 1.04 bits per heavy atom. The Labute approximate surface area is 139 Å². The summed E-state index contributed by atoms with van der Waals surface area (Å²) in [5, 5.41) is 4.54. The normalized spacial score (nSPS) is 18.1. The third-order valence-corrected chi connectivity index (χ3v) is 4.55. The average molecular weight is 333 g/mol. The molecule has 0 amide bonds. The Kier molecular flexibility index (Phi) is 4.05. The molecule has 4 rings (SSSR count). The van der Waals surface area contributed by atoms with E-state index in [1.54, 1.807) is 4.68 Å². The van der Waals surface area contributed by atoms with Crippen molar-refractivity contribution < 1.29 is 13.9 Å². The minimum atomic E-state index is 0.256. The zero-order chi connectivity index (χ0) is 15.6. The van der Waals surface area contributed by atoms with Crippen molar-refractivity contribution in [3.63, 3.8) is 0 Å². The van der Waals surface area contributed by atoms with Gasteiger partial charge in [0, 0.05) is 5.56 Å². The first-order chi connectivity index (χ1) is 11.3. The van der Waals surface area contributed by atoms with Crippen molar-refractivity contribution in [3.8, 4) is 23.0 Å². The Bertz CT molecular complexity index is 747. The van der Waals surface area contributed by atoms with Crippen molar-refractivity contribution in [2.75, 3.05) is 19.9 Å². The molecule has 1 fully saturated rings. The fraction of sp³-hybridized carbons (Fsp3) is 0.500. The molecule has 1 saturated heterocycles. The number of hydrogen-bond donors (Lipinski definition) is 0. The summed E-state index contributed by atoms with van der Waals surface area (Å²) in [7, 11) is 0. The van der Waals surface area contributed by atoms with Crippen LogP contribution in [0, 0.1) is 4.84 Å². The van der Waals surface area contributed by atoms with E-state index in [0.717, 1.165) is 24.4 Å². The molecule has 2 aromatic rings. The van der Waals surface area contributed by atoms with E-state index in [9.17, 15) is 0 Å². The van der Waals surface area contributed by atoms with Gasteiger partial charge in [-0.1, -0.05) is 12.8 Å². The fourth-order valence-electron chi connectivity index (χ4n) is 3.01. The van der Waals surface area contributed by atoms with Crippen LogP contribution >= 0.6 is 12.2 Å². The molecule has 3 heterocycles. The van der Waals surface area contributed by atoms with Crippen molar-refractivity contribution in [3.05, 3.63) is 23.0 Å². The lowest BCUT2D eigenvalue weighted by atomic mass is 10.2. The first-order valence-corrected chi connectivity index (χ1v) is 8.41. The van der Waals surface area contributed by atoms with E-state index in [-0.39, 0.29) is 6.79 Å². The molecule has 7 heteroatoms. The maximum atomic E-state index is 5.68. The van der Waals surface area contributed by atoms with Crippen molar-refractivity contribution in [1.82, 2.24) is 14.7 Å². The zero-order valence-electron chi connectivity index (χ0n) is 12.9. The van der Waals surface area contributed by atoms with Crippen LogP contribution in [0.2, 0.25) is 0 Å². The number of nitrogens with zero attached hydrogens (tertiary/aromatic N) is 3. The van der Waals surface area contributed by atoms with Gasteiger partial charge >= 0.3 is 0 Å². The van der Waals surface area contributed by atoms with Crippen molar-refractivity contribution in [1.29, 1.82) is 0 Å². The molecule has 1 aromatic heterocycles. The molecule has 0 atom stereocenters. The summed E-state index contributed by atoms with van der Waals surface area (Å²) in [6.45, 7) is 3.13. The van der Waals surface area contributed by atoms with E-state index in [1.165, 1.54) is 25.7 Å². The van der Waals surface area contributed by atoms with Gasteiger partial charge < -0.3 is 13.9 Å².